The number of likely N-dealkylation sites (tertiary alicyclic amines) is 1. The first-order chi connectivity index (χ1) is 12.0. The minimum atomic E-state index is -3.40. The molecular formula is C18H27N3O3S. The van der Waals surface area contributed by atoms with Crippen LogP contribution >= 0.6 is 0 Å². The van der Waals surface area contributed by atoms with Crippen LogP contribution in [0.3, 0.4) is 0 Å². The highest BCUT2D eigenvalue weighted by molar-refractivity contribution is 7.89. The lowest BCUT2D eigenvalue weighted by atomic mass is 10.1. The molecular weight excluding hydrogens is 338 g/mol. The van der Waals surface area contributed by atoms with Crippen molar-refractivity contribution < 1.29 is 13.2 Å². The fourth-order valence-electron chi connectivity index (χ4n) is 3.51. The summed E-state index contributed by atoms with van der Waals surface area (Å²) in [6.45, 7) is 5.03. The maximum atomic E-state index is 12.5. The molecule has 0 radical (unpaired) electrons. The van der Waals surface area contributed by atoms with Crippen molar-refractivity contribution in [3.05, 3.63) is 24.3 Å². The van der Waals surface area contributed by atoms with Gasteiger partial charge in [0.15, 0.2) is 0 Å². The van der Waals surface area contributed by atoms with Crippen LogP contribution < -0.4 is 5.32 Å². The Kier molecular flexibility index (Phi) is 5.76. The standard InChI is InChI=1S/C18H27N3O3S/c1-15(20-11-3-2-4-12-20)18(22)19-16-7-9-17(10-8-16)25(23,24)21-13-5-6-14-21/h7-10,15H,2-6,11-14H2,1H3,(H,19,22)/t15-/m0/s1. The number of nitrogens with zero attached hydrogens (tertiary/aromatic N) is 2. The van der Waals surface area contributed by atoms with Gasteiger partial charge in [0.05, 0.1) is 10.9 Å². The summed E-state index contributed by atoms with van der Waals surface area (Å²) < 4.78 is 26.6. The Morgan fingerprint density at radius 2 is 1.52 bits per heavy atom. The normalized spacial score (nSPS) is 21.2. The van der Waals surface area contributed by atoms with Gasteiger partial charge in [-0.3, -0.25) is 9.69 Å². The Bertz CT molecular complexity index is 691. The molecule has 0 spiro atoms. The molecule has 1 atom stereocenters. The summed E-state index contributed by atoms with van der Waals surface area (Å²) in [4.78, 5) is 14.9. The van der Waals surface area contributed by atoms with Gasteiger partial charge in [0, 0.05) is 18.8 Å². The van der Waals surface area contributed by atoms with Crippen LogP contribution in [-0.4, -0.2) is 55.8 Å². The number of nitrogens with one attached hydrogen (secondary N) is 1. The average molecular weight is 365 g/mol. The molecule has 2 heterocycles. The first-order valence-corrected chi connectivity index (χ1v) is 10.6. The van der Waals surface area contributed by atoms with E-state index in [0.717, 1.165) is 38.8 Å². The Morgan fingerprint density at radius 1 is 0.960 bits per heavy atom. The number of hydrogen-bond acceptors (Lipinski definition) is 4. The Hall–Kier alpha value is -1.44. The maximum Gasteiger partial charge on any atom is 0.243 e. The number of sulfonamides is 1. The van der Waals surface area contributed by atoms with E-state index in [1.165, 1.54) is 10.7 Å². The van der Waals surface area contributed by atoms with Crippen LogP contribution in [0.5, 0.6) is 0 Å². The number of amides is 1. The van der Waals surface area contributed by atoms with E-state index in [1.807, 2.05) is 6.92 Å². The van der Waals surface area contributed by atoms with E-state index >= 15 is 0 Å². The second-order valence-corrected chi connectivity index (χ2v) is 8.84. The fourth-order valence-corrected chi connectivity index (χ4v) is 5.02. The molecule has 2 aliphatic rings. The van der Waals surface area contributed by atoms with Crippen LogP contribution in [0.4, 0.5) is 5.69 Å². The summed E-state index contributed by atoms with van der Waals surface area (Å²) in [6, 6.07) is 6.32. The van der Waals surface area contributed by atoms with Crippen LogP contribution in [0.15, 0.2) is 29.2 Å². The molecule has 138 valence electrons. The molecule has 1 N–H and O–H groups in total. The number of piperidine rings is 1. The largest absolute Gasteiger partial charge is 0.325 e. The van der Waals surface area contributed by atoms with Crippen molar-refractivity contribution in [1.29, 1.82) is 0 Å². The van der Waals surface area contributed by atoms with Crippen LogP contribution in [0, 0.1) is 0 Å². The lowest BCUT2D eigenvalue weighted by Gasteiger charge is -2.31. The van der Waals surface area contributed by atoms with Crippen LogP contribution in [0.2, 0.25) is 0 Å². The van der Waals surface area contributed by atoms with Gasteiger partial charge in [-0.15, -0.1) is 0 Å². The monoisotopic (exact) mass is 365 g/mol. The Balaban J connectivity index is 1.63. The molecule has 0 unspecified atom stereocenters. The average Bonchev–Trinajstić information content (AvgIpc) is 3.18. The van der Waals surface area contributed by atoms with Crippen molar-refractivity contribution in [2.45, 2.75) is 50.0 Å². The third-order valence-corrected chi connectivity index (χ3v) is 7.06. The van der Waals surface area contributed by atoms with Gasteiger partial charge in [-0.1, -0.05) is 6.42 Å². The predicted molar refractivity (Wildman–Crippen MR) is 98.0 cm³/mol. The number of rotatable bonds is 5. The SMILES string of the molecule is C[C@@H](C(=O)Nc1ccc(S(=O)(=O)N2CCCC2)cc1)N1CCCCC1. The molecule has 1 aromatic rings. The van der Waals surface area contributed by atoms with E-state index in [4.69, 9.17) is 0 Å². The summed E-state index contributed by atoms with van der Waals surface area (Å²) in [5.41, 5.74) is 0.634. The highest BCUT2D eigenvalue weighted by atomic mass is 32.2. The van der Waals surface area contributed by atoms with E-state index in [0.29, 0.717) is 18.8 Å². The van der Waals surface area contributed by atoms with Crippen molar-refractivity contribution in [3.8, 4) is 0 Å². The molecule has 1 aromatic carbocycles. The van der Waals surface area contributed by atoms with Crippen LogP contribution in [-0.2, 0) is 14.8 Å². The first kappa shape index (κ1) is 18.4. The van der Waals surface area contributed by atoms with Gasteiger partial charge >= 0.3 is 0 Å². The number of carbonyl (C=O) groups is 1. The lowest BCUT2D eigenvalue weighted by Crippen LogP contribution is -2.44. The van der Waals surface area contributed by atoms with Gasteiger partial charge in [0.2, 0.25) is 15.9 Å². The smallest absolute Gasteiger partial charge is 0.243 e. The molecule has 0 saturated carbocycles. The highest BCUT2D eigenvalue weighted by Crippen LogP contribution is 2.22. The molecule has 25 heavy (non-hydrogen) atoms. The number of anilines is 1. The predicted octanol–water partition coefficient (Wildman–Crippen LogP) is 2.28. The topological polar surface area (TPSA) is 69.7 Å². The number of carbonyl (C=O) groups excluding carboxylic acids is 1. The van der Waals surface area contributed by atoms with Gasteiger partial charge in [-0.05, 0) is 70.0 Å². The van der Waals surface area contributed by atoms with Gasteiger partial charge in [-0.2, -0.15) is 4.31 Å². The van der Waals surface area contributed by atoms with Gasteiger partial charge in [0.1, 0.15) is 0 Å². The zero-order valence-corrected chi connectivity index (χ0v) is 15.6. The second kappa shape index (κ2) is 7.85. The summed E-state index contributed by atoms with van der Waals surface area (Å²) >= 11 is 0. The third kappa shape index (κ3) is 4.22. The Morgan fingerprint density at radius 3 is 2.12 bits per heavy atom. The molecule has 7 heteroatoms. The quantitative estimate of drug-likeness (QED) is 0.869. The van der Waals surface area contributed by atoms with Crippen molar-refractivity contribution in [3.63, 3.8) is 0 Å². The fraction of sp³-hybridized carbons (Fsp3) is 0.611. The van der Waals surface area contributed by atoms with E-state index in [1.54, 1.807) is 24.3 Å². The first-order valence-electron chi connectivity index (χ1n) is 9.13. The van der Waals surface area contributed by atoms with Gasteiger partial charge in [0.25, 0.3) is 0 Å². The Labute approximate surface area is 150 Å². The summed E-state index contributed by atoms with van der Waals surface area (Å²) in [5.74, 6) is -0.0444. The summed E-state index contributed by atoms with van der Waals surface area (Å²) in [7, 11) is -3.40. The number of benzene rings is 1. The van der Waals surface area contributed by atoms with E-state index in [2.05, 4.69) is 10.2 Å². The van der Waals surface area contributed by atoms with Crippen molar-refractivity contribution in [2.24, 2.45) is 0 Å². The minimum absolute atomic E-state index is 0.0444. The molecule has 2 saturated heterocycles. The van der Waals surface area contributed by atoms with Crippen molar-refractivity contribution in [2.75, 3.05) is 31.5 Å². The molecule has 2 fully saturated rings. The zero-order valence-electron chi connectivity index (χ0n) is 14.8. The van der Waals surface area contributed by atoms with Crippen LogP contribution in [0.25, 0.3) is 0 Å². The van der Waals surface area contributed by atoms with E-state index in [-0.39, 0.29) is 16.8 Å². The molecule has 2 aliphatic heterocycles. The zero-order chi connectivity index (χ0) is 17.9. The lowest BCUT2D eigenvalue weighted by molar-refractivity contribution is -0.121. The second-order valence-electron chi connectivity index (χ2n) is 6.90. The van der Waals surface area contributed by atoms with E-state index in [9.17, 15) is 13.2 Å². The molecule has 0 aliphatic carbocycles. The summed E-state index contributed by atoms with van der Waals surface area (Å²) in [5, 5.41) is 2.90. The third-order valence-electron chi connectivity index (χ3n) is 5.14. The minimum Gasteiger partial charge on any atom is -0.325 e. The van der Waals surface area contributed by atoms with Crippen molar-refractivity contribution in [1.82, 2.24) is 9.21 Å². The molecule has 6 nitrogen and oxygen atoms in total. The van der Waals surface area contributed by atoms with Gasteiger partial charge in [-0.25, -0.2) is 8.42 Å². The van der Waals surface area contributed by atoms with Crippen LogP contribution in [0.1, 0.15) is 39.0 Å². The molecule has 1 amide bonds. The highest BCUT2D eigenvalue weighted by Gasteiger charge is 2.27. The number of hydrogen-bond donors (Lipinski definition) is 1. The maximum absolute atomic E-state index is 12.5. The van der Waals surface area contributed by atoms with Gasteiger partial charge < -0.3 is 5.32 Å². The molecule has 3 rings (SSSR count). The van der Waals surface area contributed by atoms with Crippen molar-refractivity contribution >= 4 is 21.6 Å². The molecule has 0 bridgehead atoms. The molecule has 0 aromatic heterocycles. The van der Waals surface area contributed by atoms with E-state index < -0.39 is 10.0 Å². The summed E-state index contributed by atoms with van der Waals surface area (Å²) in [6.07, 6.45) is 5.35.